The molecule has 8 heteroatoms. The molecule has 0 aliphatic rings. The molecule has 0 aliphatic heterocycles. The Morgan fingerprint density at radius 2 is 2.00 bits per heavy atom. The van der Waals surface area contributed by atoms with Crippen molar-refractivity contribution in [2.24, 2.45) is 5.73 Å². The Labute approximate surface area is 140 Å². The summed E-state index contributed by atoms with van der Waals surface area (Å²) in [7, 11) is 1.42. The molecule has 130 valence electrons. The molecule has 0 fully saturated rings. The normalized spacial score (nSPS) is 11.7. The van der Waals surface area contributed by atoms with Crippen LogP contribution in [0.25, 0.3) is 22.0 Å². The van der Waals surface area contributed by atoms with Gasteiger partial charge in [0, 0.05) is 10.9 Å². The van der Waals surface area contributed by atoms with Gasteiger partial charge in [-0.3, -0.25) is 9.89 Å². The third-order valence-electron chi connectivity index (χ3n) is 3.82. The van der Waals surface area contributed by atoms with Crippen LogP contribution in [0.5, 0.6) is 5.75 Å². The fourth-order valence-electron chi connectivity index (χ4n) is 2.71. The van der Waals surface area contributed by atoms with E-state index in [9.17, 15) is 18.0 Å². The molecule has 0 spiro atoms. The van der Waals surface area contributed by atoms with Crippen molar-refractivity contribution in [1.82, 2.24) is 10.2 Å². The average Bonchev–Trinajstić information content (AvgIpc) is 3.01. The molecular weight excluding hydrogens is 335 g/mol. The van der Waals surface area contributed by atoms with Gasteiger partial charge in [0.15, 0.2) is 0 Å². The van der Waals surface area contributed by atoms with Crippen LogP contribution in [0.3, 0.4) is 0 Å². The number of rotatable bonds is 4. The minimum atomic E-state index is -4.51. The number of methoxy groups -OCH3 is 1. The highest BCUT2D eigenvalue weighted by Crippen LogP contribution is 2.40. The van der Waals surface area contributed by atoms with Gasteiger partial charge in [-0.05, 0) is 35.4 Å². The van der Waals surface area contributed by atoms with E-state index in [0.717, 1.165) is 12.1 Å². The molecule has 0 saturated carbocycles. The first kappa shape index (κ1) is 16.8. The van der Waals surface area contributed by atoms with E-state index >= 15 is 0 Å². The van der Waals surface area contributed by atoms with E-state index < -0.39 is 17.6 Å². The number of hydrogen-bond acceptors (Lipinski definition) is 3. The van der Waals surface area contributed by atoms with E-state index in [4.69, 9.17) is 10.5 Å². The molecule has 25 heavy (non-hydrogen) atoms. The lowest BCUT2D eigenvalue weighted by atomic mass is 9.96. The van der Waals surface area contributed by atoms with Crippen molar-refractivity contribution >= 4 is 16.8 Å². The van der Waals surface area contributed by atoms with Crippen LogP contribution in [-0.2, 0) is 17.4 Å². The van der Waals surface area contributed by atoms with E-state index in [1.165, 1.54) is 13.3 Å². The summed E-state index contributed by atoms with van der Waals surface area (Å²) in [5.74, 6) is -0.149. The first-order valence-corrected chi connectivity index (χ1v) is 7.29. The van der Waals surface area contributed by atoms with Gasteiger partial charge in [-0.2, -0.15) is 18.3 Å². The van der Waals surface area contributed by atoms with Crippen molar-refractivity contribution in [3.05, 3.63) is 47.7 Å². The van der Waals surface area contributed by atoms with E-state index in [1.807, 2.05) is 0 Å². The number of ether oxygens (including phenoxy) is 1. The maximum absolute atomic E-state index is 13.2. The highest BCUT2D eigenvalue weighted by Gasteiger charge is 2.32. The molecule has 0 saturated heterocycles. The Bertz CT molecular complexity index is 948. The quantitative estimate of drug-likeness (QED) is 0.758. The first-order valence-electron chi connectivity index (χ1n) is 7.29. The van der Waals surface area contributed by atoms with Crippen LogP contribution >= 0.6 is 0 Å². The summed E-state index contributed by atoms with van der Waals surface area (Å²) in [5.41, 5.74) is 5.98. The number of primary amides is 1. The van der Waals surface area contributed by atoms with Gasteiger partial charge < -0.3 is 10.5 Å². The fourth-order valence-corrected chi connectivity index (χ4v) is 2.71. The maximum atomic E-state index is 13.2. The molecule has 1 heterocycles. The number of hydrogen-bond donors (Lipinski definition) is 2. The minimum absolute atomic E-state index is 0.0233. The fraction of sp³-hybridized carbons (Fsp3) is 0.176. The van der Waals surface area contributed by atoms with Crippen LogP contribution in [0.1, 0.15) is 11.1 Å². The Kier molecular flexibility index (Phi) is 4.12. The minimum Gasteiger partial charge on any atom is -0.496 e. The largest absolute Gasteiger partial charge is 0.496 e. The molecule has 0 bridgehead atoms. The van der Waals surface area contributed by atoms with E-state index in [2.05, 4.69) is 10.2 Å². The monoisotopic (exact) mass is 349 g/mol. The van der Waals surface area contributed by atoms with Crippen LogP contribution in [0, 0.1) is 0 Å². The van der Waals surface area contributed by atoms with Gasteiger partial charge in [-0.15, -0.1) is 0 Å². The lowest BCUT2D eigenvalue weighted by Gasteiger charge is -2.14. The zero-order chi connectivity index (χ0) is 18.2. The van der Waals surface area contributed by atoms with Crippen LogP contribution in [0.4, 0.5) is 13.2 Å². The van der Waals surface area contributed by atoms with E-state index in [0.29, 0.717) is 27.8 Å². The zero-order valence-electron chi connectivity index (χ0n) is 13.1. The standard InChI is InChI=1S/C17H14F3N3O2/c1-25-15-3-2-9(5-16(21)24)4-12(15)11-6-10(17(18,19)20)7-14-13(11)8-22-23-14/h2-4,6-8H,5H2,1H3,(H2,21,24)(H,22,23). The first-order chi connectivity index (χ1) is 11.8. The third kappa shape index (κ3) is 3.28. The summed E-state index contributed by atoms with van der Waals surface area (Å²) in [4.78, 5) is 11.2. The molecule has 3 N–H and O–H groups in total. The van der Waals surface area contributed by atoms with Crippen LogP contribution in [0.2, 0.25) is 0 Å². The molecule has 0 atom stereocenters. The topological polar surface area (TPSA) is 81.0 Å². The summed E-state index contributed by atoms with van der Waals surface area (Å²) >= 11 is 0. The Hall–Kier alpha value is -3.03. The number of nitrogens with two attached hydrogens (primary N) is 1. The highest BCUT2D eigenvalue weighted by molar-refractivity contribution is 5.97. The number of nitrogens with zero attached hydrogens (tertiary/aromatic N) is 1. The number of carbonyl (C=O) groups is 1. The number of carbonyl (C=O) groups excluding carboxylic acids is 1. The summed E-state index contributed by atoms with van der Waals surface area (Å²) in [6, 6.07) is 6.90. The molecule has 3 aromatic rings. The summed E-state index contributed by atoms with van der Waals surface area (Å²) in [6.07, 6.45) is -3.08. The van der Waals surface area contributed by atoms with Gasteiger partial charge in [-0.1, -0.05) is 6.07 Å². The summed E-state index contributed by atoms with van der Waals surface area (Å²) in [5, 5.41) is 6.91. The Balaban J connectivity index is 2.27. The lowest BCUT2D eigenvalue weighted by molar-refractivity contribution is -0.137. The van der Waals surface area contributed by atoms with Crippen molar-refractivity contribution in [2.75, 3.05) is 7.11 Å². The van der Waals surface area contributed by atoms with Gasteiger partial charge in [0.25, 0.3) is 0 Å². The average molecular weight is 349 g/mol. The van der Waals surface area contributed by atoms with Gasteiger partial charge >= 0.3 is 6.18 Å². The number of alkyl halides is 3. The van der Waals surface area contributed by atoms with E-state index in [1.54, 1.807) is 18.2 Å². The number of halogens is 3. The molecule has 3 rings (SSSR count). The number of aromatic nitrogens is 2. The van der Waals surface area contributed by atoms with Crippen molar-refractivity contribution < 1.29 is 22.7 Å². The van der Waals surface area contributed by atoms with Gasteiger partial charge in [-0.25, -0.2) is 0 Å². The second-order valence-corrected chi connectivity index (χ2v) is 5.53. The molecule has 1 amide bonds. The number of benzene rings is 2. The maximum Gasteiger partial charge on any atom is 0.416 e. The van der Waals surface area contributed by atoms with Crippen molar-refractivity contribution in [3.8, 4) is 16.9 Å². The smallest absolute Gasteiger partial charge is 0.416 e. The number of nitrogens with one attached hydrogen (secondary N) is 1. The molecule has 1 aromatic heterocycles. The molecule has 0 unspecified atom stereocenters. The van der Waals surface area contributed by atoms with Gasteiger partial charge in [0.05, 0.1) is 30.8 Å². The second-order valence-electron chi connectivity index (χ2n) is 5.53. The SMILES string of the molecule is COc1ccc(CC(N)=O)cc1-c1cc(C(F)(F)F)cc2[nH]ncc12. The number of H-pyrrole nitrogens is 1. The highest BCUT2D eigenvalue weighted by atomic mass is 19.4. The molecular formula is C17H14F3N3O2. The number of aromatic amines is 1. The van der Waals surface area contributed by atoms with Gasteiger partial charge in [0.1, 0.15) is 5.75 Å². The summed E-state index contributed by atoms with van der Waals surface area (Å²) in [6.45, 7) is 0. The second kappa shape index (κ2) is 6.12. The van der Waals surface area contributed by atoms with Crippen molar-refractivity contribution in [2.45, 2.75) is 12.6 Å². The Morgan fingerprint density at radius 1 is 1.24 bits per heavy atom. The van der Waals surface area contributed by atoms with Crippen LogP contribution in [-0.4, -0.2) is 23.2 Å². The van der Waals surface area contributed by atoms with Crippen LogP contribution in [0.15, 0.2) is 36.5 Å². The van der Waals surface area contributed by atoms with Crippen molar-refractivity contribution in [1.29, 1.82) is 0 Å². The van der Waals surface area contributed by atoms with Crippen molar-refractivity contribution in [3.63, 3.8) is 0 Å². The molecule has 0 aliphatic carbocycles. The molecule has 2 aromatic carbocycles. The molecule has 5 nitrogen and oxygen atoms in total. The predicted molar refractivity (Wildman–Crippen MR) is 86.0 cm³/mol. The number of fused-ring (bicyclic) bond motifs is 1. The van der Waals surface area contributed by atoms with E-state index in [-0.39, 0.29) is 11.9 Å². The van der Waals surface area contributed by atoms with Gasteiger partial charge in [0.2, 0.25) is 5.91 Å². The zero-order valence-corrected chi connectivity index (χ0v) is 13.1. The van der Waals surface area contributed by atoms with Crippen LogP contribution < -0.4 is 10.5 Å². The summed E-state index contributed by atoms with van der Waals surface area (Å²) < 4.78 is 45.0. The Morgan fingerprint density at radius 3 is 2.64 bits per heavy atom. The third-order valence-corrected chi connectivity index (χ3v) is 3.82. The molecule has 0 radical (unpaired) electrons. The predicted octanol–water partition coefficient (Wildman–Crippen LogP) is 3.29. The number of amides is 1. The lowest BCUT2D eigenvalue weighted by Crippen LogP contribution is -2.13.